The molecule has 1 nitrogen and oxygen atoms in total. The predicted octanol–water partition coefficient (Wildman–Crippen LogP) is 2.91. The largest absolute Gasteiger partial charge is 0.298 e. The molecule has 0 aliphatic rings. The Balaban J connectivity index is 2.90. The Morgan fingerprint density at radius 3 is 2.64 bits per heavy atom. The standard InChI is InChI=1S/C12H15ClO/c1-3-10-6-9(2)4-5-11(10)7-12(14)8-13/h4-6H,3,7-8H2,1-2H3. The Morgan fingerprint density at radius 1 is 1.36 bits per heavy atom. The highest BCUT2D eigenvalue weighted by Crippen LogP contribution is 2.13. The molecule has 0 atom stereocenters. The number of hydrogen-bond donors (Lipinski definition) is 0. The van der Waals surface area contributed by atoms with Gasteiger partial charge in [-0.15, -0.1) is 11.6 Å². The highest BCUT2D eigenvalue weighted by Gasteiger charge is 2.06. The van der Waals surface area contributed by atoms with Crippen molar-refractivity contribution in [3.8, 4) is 0 Å². The summed E-state index contributed by atoms with van der Waals surface area (Å²) >= 11 is 5.48. The zero-order chi connectivity index (χ0) is 10.6. The second kappa shape index (κ2) is 5.16. The first-order valence-electron chi connectivity index (χ1n) is 4.83. The van der Waals surface area contributed by atoms with Gasteiger partial charge in [0.25, 0.3) is 0 Å². The van der Waals surface area contributed by atoms with Crippen molar-refractivity contribution < 1.29 is 4.79 Å². The van der Waals surface area contributed by atoms with Crippen LogP contribution < -0.4 is 0 Å². The van der Waals surface area contributed by atoms with Crippen LogP contribution in [0.3, 0.4) is 0 Å². The summed E-state index contributed by atoms with van der Waals surface area (Å²) in [7, 11) is 0. The number of carbonyl (C=O) groups excluding carboxylic acids is 1. The van der Waals surface area contributed by atoms with Gasteiger partial charge in [0, 0.05) is 6.42 Å². The zero-order valence-electron chi connectivity index (χ0n) is 8.64. The number of Topliss-reactive ketones (excluding diaryl/α,β-unsaturated/α-hetero) is 1. The molecule has 0 aliphatic carbocycles. The number of alkyl halides is 1. The van der Waals surface area contributed by atoms with Crippen molar-refractivity contribution in [2.24, 2.45) is 0 Å². The molecule has 0 amide bonds. The monoisotopic (exact) mass is 210 g/mol. The van der Waals surface area contributed by atoms with Crippen LogP contribution in [0, 0.1) is 6.92 Å². The third-order valence-corrected chi connectivity index (χ3v) is 2.58. The average Bonchev–Trinajstić information content (AvgIpc) is 2.20. The Hall–Kier alpha value is -0.820. The summed E-state index contributed by atoms with van der Waals surface area (Å²) in [6.07, 6.45) is 1.43. The van der Waals surface area contributed by atoms with Crippen molar-refractivity contribution in [2.45, 2.75) is 26.7 Å². The number of hydrogen-bond acceptors (Lipinski definition) is 1. The predicted molar refractivity (Wildman–Crippen MR) is 60.0 cm³/mol. The lowest BCUT2D eigenvalue weighted by Crippen LogP contribution is -2.06. The molecule has 0 saturated carbocycles. The van der Waals surface area contributed by atoms with Crippen molar-refractivity contribution in [1.82, 2.24) is 0 Å². The molecule has 0 fully saturated rings. The normalized spacial score (nSPS) is 10.2. The zero-order valence-corrected chi connectivity index (χ0v) is 9.40. The molecular formula is C12H15ClO. The van der Waals surface area contributed by atoms with E-state index in [2.05, 4.69) is 19.9 Å². The van der Waals surface area contributed by atoms with Gasteiger partial charge in [-0.25, -0.2) is 0 Å². The highest BCUT2D eigenvalue weighted by atomic mass is 35.5. The van der Waals surface area contributed by atoms with Crippen LogP contribution in [-0.4, -0.2) is 11.7 Å². The summed E-state index contributed by atoms with van der Waals surface area (Å²) < 4.78 is 0. The lowest BCUT2D eigenvalue weighted by atomic mass is 9.99. The van der Waals surface area contributed by atoms with Gasteiger partial charge in [0.15, 0.2) is 5.78 Å². The van der Waals surface area contributed by atoms with Crippen LogP contribution in [0.15, 0.2) is 18.2 Å². The first-order chi connectivity index (χ1) is 6.67. The third kappa shape index (κ3) is 2.85. The number of carbonyl (C=O) groups is 1. The van der Waals surface area contributed by atoms with E-state index >= 15 is 0 Å². The van der Waals surface area contributed by atoms with Crippen molar-refractivity contribution in [1.29, 1.82) is 0 Å². The van der Waals surface area contributed by atoms with Gasteiger partial charge in [0.05, 0.1) is 5.88 Å². The van der Waals surface area contributed by atoms with Crippen LogP contribution in [0.1, 0.15) is 23.6 Å². The van der Waals surface area contributed by atoms with Crippen LogP contribution in [0.25, 0.3) is 0 Å². The van der Waals surface area contributed by atoms with Gasteiger partial charge in [0.2, 0.25) is 0 Å². The molecule has 14 heavy (non-hydrogen) atoms. The van der Waals surface area contributed by atoms with Crippen molar-refractivity contribution in [2.75, 3.05) is 5.88 Å². The summed E-state index contributed by atoms with van der Waals surface area (Å²) in [5, 5.41) is 0. The number of rotatable bonds is 4. The quantitative estimate of drug-likeness (QED) is 0.699. The lowest BCUT2D eigenvalue weighted by molar-refractivity contribution is -0.116. The Bertz CT molecular complexity index is 331. The summed E-state index contributed by atoms with van der Waals surface area (Å²) in [5.74, 6) is 0.196. The summed E-state index contributed by atoms with van der Waals surface area (Å²) in [4.78, 5) is 11.2. The third-order valence-electron chi connectivity index (χ3n) is 2.28. The van der Waals surface area contributed by atoms with E-state index < -0.39 is 0 Å². The molecule has 0 bridgehead atoms. The fraction of sp³-hybridized carbons (Fsp3) is 0.417. The van der Waals surface area contributed by atoms with Gasteiger partial charge in [-0.05, 0) is 24.5 Å². The Labute approximate surface area is 90.1 Å². The van der Waals surface area contributed by atoms with Crippen LogP contribution in [0.2, 0.25) is 0 Å². The van der Waals surface area contributed by atoms with Gasteiger partial charge >= 0.3 is 0 Å². The molecule has 0 spiro atoms. The Kier molecular flexibility index (Phi) is 4.15. The minimum absolute atomic E-state index is 0.0882. The molecule has 2 heteroatoms. The Morgan fingerprint density at radius 2 is 2.07 bits per heavy atom. The number of aryl methyl sites for hydroxylation is 2. The maximum atomic E-state index is 11.2. The van der Waals surface area contributed by atoms with Crippen LogP contribution in [0.4, 0.5) is 0 Å². The first-order valence-corrected chi connectivity index (χ1v) is 5.37. The first kappa shape index (κ1) is 11.3. The molecule has 0 aromatic heterocycles. The molecule has 0 heterocycles. The number of halogens is 1. The molecule has 0 N–H and O–H groups in total. The molecule has 0 aliphatic heterocycles. The van der Waals surface area contributed by atoms with Gasteiger partial charge < -0.3 is 0 Å². The van der Waals surface area contributed by atoms with Crippen LogP contribution in [-0.2, 0) is 17.6 Å². The minimum atomic E-state index is 0.0882. The van der Waals surface area contributed by atoms with E-state index in [1.807, 2.05) is 12.1 Å². The molecule has 1 aromatic carbocycles. The SMILES string of the molecule is CCc1cc(C)ccc1CC(=O)CCl. The molecule has 1 aromatic rings. The molecule has 0 unspecified atom stereocenters. The second-order valence-corrected chi connectivity index (χ2v) is 3.74. The molecular weight excluding hydrogens is 196 g/mol. The van der Waals surface area contributed by atoms with Crippen LogP contribution >= 0.6 is 11.6 Å². The van der Waals surface area contributed by atoms with Crippen molar-refractivity contribution in [3.05, 3.63) is 34.9 Å². The van der Waals surface area contributed by atoms with Gasteiger partial charge in [-0.2, -0.15) is 0 Å². The summed E-state index contributed by atoms with van der Waals surface area (Å²) in [6, 6.07) is 6.20. The second-order valence-electron chi connectivity index (χ2n) is 3.47. The van der Waals surface area contributed by atoms with Crippen molar-refractivity contribution >= 4 is 17.4 Å². The lowest BCUT2D eigenvalue weighted by Gasteiger charge is -2.07. The van der Waals surface area contributed by atoms with Crippen molar-refractivity contribution in [3.63, 3.8) is 0 Å². The average molecular weight is 211 g/mol. The van der Waals surface area contributed by atoms with Gasteiger partial charge in [-0.3, -0.25) is 4.79 Å². The van der Waals surface area contributed by atoms with Crippen LogP contribution in [0.5, 0.6) is 0 Å². The number of ketones is 1. The fourth-order valence-corrected chi connectivity index (χ4v) is 1.61. The molecule has 0 saturated heterocycles. The molecule has 76 valence electrons. The maximum Gasteiger partial charge on any atom is 0.151 e. The van der Waals surface area contributed by atoms with E-state index in [-0.39, 0.29) is 11.7 Å². The molecule has 0 radical (unpaired) electrons. The van der Waals surface area contributed by atoms with E-state index in [4.69, 9.17) is 11.6 Å². The van der Waals surface area contributed by atoms with E-state index in [0.29, 0.717) is 6.42 Å². The highest BCUT2D eigenvalue weighted by molar-refractivity contribution is 6.27. The van der Waals surface area contributed by atoms with E-state index in [0.717, 1.165) is 12.0 Å². The molecule has 1 rings (SSSR count). The topological polar surface area (TPSA) is 17.1 Å². The van der Waals surface area contributed by atoms with E-state index in [1.165, 1.54) is 11.1 Å². The summed E-state index contributed by atoms with van der Waals surface area (Å²) in [6.45, 7) is 4.16. The van der Waals surface area contributed by atoms with Gasteiger partial charge in [0.1, 0.15) is 0 Å². The fourth-order valence-electron chi connectivity index (χ4n) is 1.52. The van der Waals surface area contributed by atoms with E-state index in [1.54, 1.807) is 0 Å². The van der Waals surface area contributed by atoms with Gasteiger partial charge in [-0.1, -0.05) is 30.7 Å². The van der Waals surface area contributed by atoms with E-state index in [9.17, 15) is 4.79 Å². The minimum Gasteiger partial charge on any atom is -0.298 e. The smallest absolute Gasteiger partial charge is 0.151 e. The maximum absolute atomic E-state index is 11.2. The number of benzene rings is 1. The summed E-state index contributed by atoms with van der Waals surface area (Å²) in [5.41, 5.74) is 3.61.